The van der Waals surface area contributed by atoms with E-state index in [2.05, 4.69) is 18.2 Å². The molecule has 3 aliphatic carbocycles. The first-order chi connectivity index (χ1) is 10.7. The fourth-order valence-electron chi connectivity index (χ4n) is 5.59. The largest absolute Gasteiger partial charge is 0.508 e. The zero-order chi connectivity index (χ0) is 16.7. The van der Waals surface area contributed by atoms with Crippen molar-refractivity contribution in [3.63, 3.8) is 0 Å². The number of esters is 1. The molecule has 1 aliphatic heterocycles. The highest BCUT2D eigenvalue weighted by molar-refractivity contribution is 5.91. The lowest BCUT2D eigenvalue weighted by molar-refractivity contribution is -0.188. The highest BCUT2D eigenvalue weighted by Gasteiger charge is 2.78. The van der Waals surface area contributed by atoms with Crippen molar-refractivity contribution in [2.75, 3.05) is 7.11 Å². The van der Waals surface area contributed by atoms with Gasteiger partial charge in [0, 0.05) is 23.3 Å². The minimum Gasteiger partial charge on any atom is -0.455 e. The second-order valence-electron chi connectivity index (χ2n) is 7.77. The summed E-state index contributed by atoms with van der Waals surface area (Å²) in [7, 11) is 1.26. The number of ether oxygens (including phenoxy) is 3. The molecule has 126 valence electrons. The van der Waals surface area contributed by atoms with Crippen LogP contribution in [0.2, 0.25) is 0 Å². The quantitative estimate of drug-likeness (QED) is 0.584. The molecule has 0 radical (unpaired) electrons. The van der Waals surface area contributed by atoms with Crippen molar-refractivity contribution in [1.29, 1.82) is 0 Å². The predicted octanol–water partition coefficient (Wildman–Crippen LogP) is 1.66. The van der Waals surface area contributed by atoms with Gasteiger partial charge in [0.1, 0.15) is 17.8 Å². The second kappa shape index (κ2) is 4.29. The maximum absolute atomic E-state index is 12.0. The molecule has 1 N–H and O–H groups in total. The minimum absolute atomic E-state index is 0.0602. The van der Waals surface area contributed by atoms with Crippen LogP contribution < -0.4 is 0 Å². The van der Waals surface area contributed by atoms with E-state index in [1.165, 1.54) is 7.11 Å². The van der Waals surface area contributed by atoms with Gasteiger partial charge in [-0.3, -0.25) is 0 Å². The molecule has 0 spiro atoms. The van der Waals surface area contributed by atoms with Gasteiger partial charge in [0.05, 0.1) is 7.11 Å². The number of carbonyl (C=O) groups is 2. The van der Waals surface area contributed by atoms with Crippen molar-refractivity contribution in [1.82, 2.24) is 0 Å². The van der Waals surface area contributed by atoms with Crippen molar-refractivity contribution in [2.24, 2.45) is 29.1 Å². The third kappa shape index (κ3) is 1.62. The SMILES string of the molecule is C=C1C(=O)O[C@@H]2[C@H]1[C@H]1C[C@@]1(C)[C@@H]1C[C@H](OC(=O)OC)[C@H](C)[C@]21O. The first-order valence-electron chi connectivity index (χ1n) is 8.12. The van der Waals surface area contributed by atoms with Gasteiger partial charge in [0.15, 0.2) is 0 Å². The molecule has 1 heterocycles. The maximum Gasteiger partial charge on any atom is 0.508 e. The van der Waals surface area contributed by atoms with Crippen LogP contribution in [0.3, 0.4) is 0 Å². The number of carbonyl (C=O) groups excluding carboxylic acids is 2. The minimum atomic E-state index is -1.19. The predicted molar refractivity (Wildman–Crippen MR) is 78.2 cm³/mol. The van der Waals surface area contributed by atoms with Gasteiger partial charge in [-0.2, -0.15) is 0 Å². The van der Waals surface area contributed by atoms with Crippen molar-refractivity contribution in [2.45, 2.75) is 44.5 Å². The third-order valence-electron chi connectivity index (χ3n) is 6.98. The van der Waals surface area contributed by atoms with Crippen LogP contribution in [0.15, 0.2) is 12.2 Å². The summed E-state index contributed by atoms with van der Waals surface area (Å²) < 4.78 is 15.5. The molecule has 0 bridgehead atoms. The molecule has 4 aliphatic rings. The van der Waals surface area contributed by atoms with E-state index in [-0.39, 0.29) is 23.2 Å². The summed E-state index contributed by atoms with van der Waals surface area (Å²) in [6.07, 6.45) is -0.274. The first kappa shape index (κ1) is 15.0. The Bertz CT molecular complexity index is 614. The van der Waals surface area contributed by atoms with Gasteiger partial charge >= 0.3 is 12.1 Å². The van der Waals surface area contributed by atoms with E-state index in [1.807, 2.05) is 6.92 Å². The normalized spacial score (nSPS) is 53.0. The van der Waals surface area contributed by atoms with Crippen LogP contribution in [-0.2, 0) is 19.0 Å². The van der Waals surface area contributed by atoms with E-state index in [9.17, 15) is 14.7 Å². The van der Waals surface area contributed by atoms with Gasteiger partial charge in [0.25, 0.3) is 0 Å². The average Bonchev–Trinajstić information content (AvgIpc) is 3.01. The van der Waals surface area contributed by atoms with Gasteiger partial charge < -0.3 is 19.3 Å². The summed E-state index contributed by atoms with van der Waals surface area (Å²) in [5.74, 6) is -0.637. The van der Waals surface area contributed by atoms with Gasteiger partial charge in [-0.05, 0) is 24.2 Å². The second-order valence-corrected chi connectivity index (χ2v) is 7.77. The molecule has 4 fully saturated rings. The van der Waals surface area contributed by atoms with Crippen LogP contribution in [0.1, 0.15) is 26.7 Å². The number of methoxy groups -OCH3 is 1. The van der Waals surface area contributed by atoms with Crippen LogP contribution >= 0.6 is 0 Å². The standard InChI is InChI=1S/C17H22O6/c1-7-12-9-6-16(9,3)11-5-10(22-15(19)21-4)8(2)17(11,20)13(12)23-14(7)18/h8-13,20H,1,5-6H2,2-4H3/t8-,9+,10-,11-,12+,13+,16+,17+/m0/s1. The molecule has 0 aromatic carbocycles. The van der Waals surface area contributed by atoms with E-state index in [1.54, 1.807) is 0 Å². The zero-order valence-electron chi connectivity index (χ0n) is 13.6. The number of rotatable bonds is 1. The number of fused-ring (bicyclic) bond motifs is 6. The van der Waals surface area contributed by atoms with Crippen molar-refractivity contribution < 1.29 is 28.9 Å². The molecular formula is C17H22O6. The van der Waals surface area contributed by atoms with Crippen LogP contribution in [0.25, 0.3) is 0 Å². The average molecular weight is 322 g/mol. The van der Waals surface area contributed by atoms with Gasteiger partial charge in [0.2, 0.25) is 0 Å². The molecule has 0 amide bonds. The molecule has 1 saturated heterocycles. The van der Waals surface area contributed by atoms with Crippen molar-refractivity contribution in [3.8, 4) is 0 Å². The van der Waals surface area contributed by atoms with E-state index in [0.29, 0.717) is 17.9 Å². The summed E-state index contributed by atoms with van der Waals surface area (Å²) in [5.41, 5.74) is -0.782. The molecule has 0 aromatic heterocycles. The summed E-state index contributed by atoms with van der Waals surface area (Å²) >= 11 is 0. The topological polar surface area (TPSA) is 82.1 Å². The van der Waals surface area contributed by atoms with E-state index in [4.69, 9.17) is 9.47 Å². The van der Waals surface area contributed by atoms with E-state index >= 15 is 0 Å². The lowest BCUT2D eigenvalue weighted by atomic mass is 9.62. The Hall–Kier alpha value is -1.56. The first-order valence-corrected chi connectivity index (χ1v) is 8.12. The number of hydrogen-bond acceptors (Lipinski definition) is 6. The van der Waals surface area contributed by atoms with Crippen LogP contribution in [-0.4, -0.2) is 42.1 Å². The van der Waals surface area contributed by atoms with Gasteiger partial charge in [-0.25, -0.2) is 9.59 Å². The van der Waals surface area contributed by atoms with Crippen molar-refractivity contribution in [3.05, 3.63) is 12.2 Å². The lowest BCUT2D eigenvalue weighted by Gasteiger charge is -2.47. The van der Waals surface area contributed by atoms with Crippen LogP contribution in [0.4, 0.5) is 4.79 Å². The van der Waals surface area contributed by atoms with E-state index in [0.717, 1.165) is 6.42 Å². The summed E-state index contributed by atoms with van der Waals surface area (Å²) in [4.78, 5) is 23.5. The van der Waals surface area contributed by atoms with E-state index < -0.39 is 29.9 Å². The molecule has 6 heteroatoms. The molecule has 23 heavy (non-hydrogen) atoms. The lowest BCUT2D eigenvalue weighted by Crippen LogP contribution is -2.58. The Balaban J connectivity index is 1.72. The number of aliphatic hydroxyl groups is 1. The maximum atomic E-state index is 12.0. The highest BCUT2D eigenvalue weighted by Crippen LogP contribution is 2.75. The summed E-state index contributed by atoms with van der Waals surface area (Å²) in [5, 5.41) is 11.6. The highest BCUT2D eigenvalue weighted by atomic mass is 16.7. The fraction of sp³-hybridized carbons (Fsp3) is 0.765. The molecule has 4 rings (SSSR count). The van der Waals surface area contributed by atoms with Gasteiger partial charge in [-0.1, -0.05) is 20.4 Å². The van der Waals surface area contributed by atoms with Crippen LogP contribution in [0, 0.1) is 29.1 Å². The monoisotopic (exact) mass is 322 g/mol. The molecule has 0 aromatic rings. The third-order valence-corrected chi connectivity index (χ3v) is 6.98. The molecular weight excluding hydrogens is 300 g/mol. The summed E-state index contributed by atoms with van der Waals surface area (Å²) in [6, 6.07) is 0. The molecule has 6 nitrogen and oxygen atoms in total. The molecule has 0 unspecified atom stereocenters. The fourth-order valence-corrected chi connectivity index (χ4v) is 5.59. The van der Waals surface area contributed by atoms with Crippen molar-refractivity contribution >= 4 is 12.1 Å². The Morgan fingerprint density at radius 2 is 2.17 bits per heavy atom. The smallest absolute Gasteiger partial charge is 0.455 e. The number of hydrogen-bond donors (Lipinski definition) is 1. The van der Waals surface area contributed by atoms with Gasteiger partial charge in [-0.15, -0.1) is 0 Å². The Morgan fingerprint density at radius 3 is 2.83 bits per heavy atom. The zero-order valence-corrected chi connectivity index (χ0v) is 13.6. The summed E-state index contributed by atoms with van der Waals surface area (Å²) in [6.45, 7) is 7.89. The molecule has 8 atom stereocenters. The Labute approximate surface area is 134 Å². The Morgan fingerprint density at radius 1 is 1.48 bits per heavy atom. The molecule has 3 saturated carbocycles. The Kier molecular flexibility index (Phi) is 2.80. The van der Waals surface area contributed by atoms with Crippen LogP contribution in [0.5, 0.6) is 0 Å².